The van der Waals surface area contributed by atoms with Crippen LogP contribution in [0.5, 0.6) is 11.5 Å². The van der Waals surface area contributed by atoms with E-state index in [1.807, 2.05) is 109 Å². The van der Waals surface area contributed by atoms with Crippen LogP contribution in [0, 0.1) is 13.8 Å². The Balaban J connectivity index is 1.22. The van der Waals surface area contributed by atoms with Gasteiger partial charge in [-0.1, -0.05) is 118 Å². The van der Waals surface area contributed by atoms with Crippen molar-refractivity contribution in [1.29, 1.82) is 0 Å². The number of methoxy groups -OCH3 is 2. The van der Waals surface area contributed by atoms with Crippen LogP contribution in [-0.4, -0.2) is 131 Å². The van der Waals surface area contributed by atoms with Gasteiger partial charge in [0.2, 0.25) is 23.6 Å². The van der Waals surface area contributed by atoms with E-state index < -0.39 is 60.0 Å². The highest BCUT2D eigenvalue weighted by Crippen LogP contribution is 2.35. The highest BCUT2D eigenvalue weighted by Gasteiger charge is 2.37. The van der Waals surface area contributed by atoms with Crippen molar-refractivity contribution in [3.63, 3.8) is 0 Å². The average molecular weight is 1010 g/mol. The Kier molecular flexibility index (Phi) is 18.5. The summed E-state index contributed by atoms with van der Waals surface area (Å²) in [5, 5.41) is 35.3. The zero-order valence-electron chi connectivity index (χ0n) is 40.6. The number of phenolic OH excluding ortho intramolecular Hbond substituents is 2. The van der Waals surface area contributed by atoms with E-state index in [1.54, 1.807) is 0 Å². The average Bonchev–Trinajstić information content (AvgIpc) is 4.04. The van der Waals surface area contributed by atoms with Crippen molar-refractivity contribution < 1.29 is 48.5 Å². The maximum Gasteiger partial charge on any atom is 0.329 e. The zero-order valence-corrected chi connectivity index (χ0v) is 42.2. The lowest BCUT2D eigenvalue weighted by Gasteiger charge is -2.28. The number of fused-ring (bicyclic) bond motifs is 6. The fourth-order valence-corrected chi connectivity index (χ4v) is 12.0. The summed E-state index contributed by atoms with van der Waals surface area (Å²) in [5.74, 6) is -3.27. The smallest absolute Gasteiger partial charge is 0.329 e. The molecular formula is C53H64N6O10S2. The van der Waals surface area contributed by atoms with Crippen LogP contribution in [-0.2, 0) is 70.6 Å². The van der Waals surface area contributed by atoms with Crippen LogP contribution in [0.2, 0.25) is 0 Å². The number of carbonyl (C=O) groups excluding carboxylic acids is 6. The van der Waals surface area contributed by atoms with E-state index in [2.05, 4.69) is 21.3 Å². The standard InChI is InChI=1S/C53H64N6O10S2/c1-32-21-36-27-37-22-33(2)24-39(47(37)61)29-59-20-12-18-45(59)51(65)55-41(26-35-15-9-6-10-16-35)49(63)57-43(53(67)69-4)31-71-70-30-42(52(66)68-3)56-48(62)40(25-34-13-7-5-8-14-34)54-50(64)44-17-11-19-58(44)28-38(23-32)46(36)60/h5-10,13-16,21-24,40-45,60-61H,11-12,17-20,25-31H2,1-4H3,(H,54,64)(H,55,65)(H,56,62)(H,57,63)/t40-,41-,42-,43-,44-,45-/m0/s1. The minimum absolute atomic E-state index is 0.00119. The third-order valence-corrected chi connectivity index (χ3v) is 15.7. The summed E-state index contributed by atoms with van der Waals surface area (Å²) in [4.78, 5) is 87.4. The number of phenols is 2. The molecule has 4 aromatic rings. The molecule has 0 saturated carbocycles. The second kappa shape index (κ2) is 24.8. The number of ether oxygens (including phenoxy) is 2. The van der Waals surface area contributed by atoms with Crippen molar-refractivity contribution in [3.05, 3.63) is 129 Å². The summed E-state index contributed by atoms with van der Waals surface area (Å²) >= 11 is 0. The van der Waals surface area contributed by atoms with Gasteiger partial charge in [-0.25, -0.2) is 9.59 Å². The lowest BCUT2D eigenvalue weighted by atomic mass is 9.95. The molecule has 0 aromatic heterocycles. The van der Waals surface area contributed by atoms with Crippen LogP contribution in [0.1, 0.15) is 70.2 Å². The lowest BCUT2D eigenvalue weighted by Crippen LogP contribution is -2.56. The molecule has 3 heterocycles. The predicted octanol–water partition coefficient (Wildman–Crippen LogP) is 4.40. The quantitative estimate of drug-likeness (QED) is 0.117. The lowest BCUT2D eigenvalue weighted by molar-refractivity contribution is -0.145. The summed E-state index contributed by atoms with van der Waals surface area (Å²) in [6, 6.07) is 20.2. The van der Waals surface area contributed by atoms with E-state index in [4.69, 9.17) is 9.47 Å². The maximum atomic E-state index is 14.3. The molecule has 16 nitrogen and oxygen atoms in total. The van der Waals surface area contributed by atoms with Crippen LogP contribution < -0.4 is 21.3 Å². The van der Waals surface area contributed by atoms with Crippen molar-refractivity contribution in [2.24, 2.45) is 0 Å². The first-order chi connectivity index (χ1) is 34.2. The van der Waals surface area contributed by atoms with Gasteiger partial charge in [-0.15, -0.1) is 0 Å². The Hall–Kier alpha value is -6.08. The molecule has 0 radical (unpaired) electrons. The van der Waals surface area contributed by atoms with E-state index in [-0.39, 0.29) is 67.2 Å². The molecule has 378 valence electrons. The number of hydrogen-bond donors (Lipinski definition) is 6. The molecule has 2 saturated heterocycles. The molecule has 6 atom stereocenters. The van der Waals surface area contributed by atoms with Crippen LogP contribution in [0.3, 0.4) is 0 Å². The van der Waals surface area contributed by atoms with E-state index in [1.165, 1.54) is 14.2 Å². The number of esters is 2. The molecule has 0 unspecified atom stereocenters. The molecule has 7 rings (SSSR count). The first kappa shape index (κ1) is 52.7. The minimum atomic E-state index is -1.16. The molecule has 4 aromatic carbocycles. The summed E-state index contributed by atoms with van der Waals surface area (Å²) in [6.45, 7) is 5.51. The molecular weight excluding hydrogens is 945 g/mol. The number of nitrogens with zero attached hydrogens (tertiary/aromatic N) is 2. The predicted molar refractivity (Wildman–Crippen MR) is 272 cm³/mol. The van der Waals surface area contributed by atoms with E-state index in [9.17, 15) is 39.0 Å². The van der Waals surface area contributed by atoms with Crippen LogP contribution in [0.4, 0.5) is 0 Å². The number of nitrogens with one attached hydrogen (secondary N) is 4. The van der Waals surface area contributed by atoms with Gasteiger partial charge in [0.1, 0.15) is 35.7 Å². The fourth-order valence-electron chi connectivity index (χ4n) is 9.70. The Labute approximate surface area is 422 Å². The van der Waals surface area contributed by atoms with Crippen molar-refractivity contribution >= 4 is 57.2 Å². The Morgan fingerprint density at radius 3 is 1.34 bits per heavy atom. The third kappa shape index (κ3) is 13.9. The second-order valence-corrected chi connectivity index (χ2v) is 21.1. The van der Waals surface area contributed by atoms with Crippen molar-refractivity contribution in [3.8, 4) is 11.5 Å². The third-order valence-electron chi connectivity index (χ3n) is 13.3. The minimum Gasteiger partial charge on any atom is -0.507 e. The second-order valence-electron chi connectivity index (χ2n) is 18.5. The highest BCUT2D eigenvalue weighted by molar-refractivity contribution is 8.76. The van der Waals surface area contributed by atoms with Gasteiger partial charge in [0, 0.05) is 55.0 Å². The molecule has 4 amide bonds. The number of carbonyl (C=O) groups is 6. The molecule has 6 N–H and O–H groups in total. The van der Waals surface area contributed by atoms with Gasteiger partial charge in [0.25, 0.3) is 0 Å². The number of rotatable bonds is 6. The molecule has 3 aliphatic heterocycles. The number of aryl methyl sites for hydroxylation is 2. The van der Waals surface area contributed by atoms with E-state index in [0.29, 0.717) is 61.0 Å². The first-order valence-corrected chi connectivity index (χ1v) is 26.5. The number of benzene rings is 4. The summed E-state index contributed by atoms with van der Waals surface area (Å²) in [7, 11) is 4.74. The highest BCUT2D eigenvalue weighted by atomic mass is 33.1. The van der Waals surface area contributed by atoms with E-state index in [0.717, 1.165) is 43.8 Å². The van der Waals surface area contributed by atoms with Crippen LogP contribution in [0.15, 0.2) is 84.9 Å². The molecule has 0 aliphatic carbocycles. The fraction of sp³-hybridized carbons (Fsp3) is 0.434. The molecule has 2 fully saturated rings. The topological polar surface area (TPSA) is 216 Å². The van der Waals surface area contributed by atoms with Crippen LogP contribution >= 0.6 is 21.6 Å². The van der Waals surface area contributed by atoms with Crippen molar-refractivity contribution in [2.45, 2.75) is 108 Å². The van der Waals surface area contributed by atoms with Gasteiger partial charge < -0.3 is 41.0 Å². The van der Waals surface area contributed by atoms with Gasteiger partial charge in [0.05, 0.1) is 26.3 Å². The van der Waals surface area contributed by atoms with Crippen molar-refractivity contribution in [2.75, 3.05) is 38.8 Å². The Bertz CT molecular complexity index is 2380. The van der Waals surface area contributed by atoms with E-state index >= 15 is 0 Å². The van der Waals surface area contributed by atoms with Gasteiger partial charge in [-0.05, 0) is 74.9 Å². The number of amides is 4. The molecule has 3 aliphatic rings. The molecule has 0 spiro atoms. The van der Waals surface area contributed by atoms with Gasteiger partial charge in [0.15, 0.2) is 0 Å². The Morgan fingerprint density at radius 1 is 0.577 bits per heavy atom. The van der Waals surface area contributed by atoms with Crippen LogP contribution in [0.25, 0.3) is 0 Å². The molecule has 18 heteroatoms. The normalized spacial score (nSPS) is 23.5. The van der Waals surface area contributed by atoms with Gasteiger partial charge in [-0.2, -0.15) is 0 Å². The van der Waals surface area contributed by atoms with Gasteiger partial charge >= 0.3 is 11.9 Å². The molecule has 71 heavy (non-hydrogen) atoms. The molecule has 4 bridgehead atoms. The Morgan fingerprint density at radius 2 is 0.958 bits per heavy atom. The largest absolute Gasteiger partial charge is 0.507 e. The van der Waals surface area contributed by atoms with Gasteiger partial charge in [-0.3, -0.25) is 29.0 Å². The summed E-state index contributed by atoms with van der Waals surface area (Å²) in [6.07, 6.45) is 2.91. The summed E-state index contributed by atoms with van der Waals surface area (Å²) < 4.78 is 10.2. The SMILES string of the molecule is COC(=O)[C@@H]1CSSC[C@@H](C(=O)OC)NC(=O)[C@H](Cc2ccccc2)NC(=O)[C@@H]2CCCN2Cc2cc(C)cc(c2O)Cc2cc(C)cc(c2O)CN2CCC[C@H]2C(=O)N[C@@H](Cc2ccccc2)C(=O)N1. The maximum absolute atomic E-state index is 14.3. The monoisotopic (exact) mass is 1010 g/mol. The van der Waals surface area contributed by atoms with Crippen molar-refractivity contribution in [1.82, 2.24) is 31.1 Å². The number of hydrogen-bond acceptors (Lipinski definition) is 14. The first-order valence-electron chi connectivity index (χ1n) is 24.0. The zero-order chi connectivity index (χ0) is 50.6. The summed E-state index contributed by atoms with van der Waals surface area (Å²) in [5.41, 5.74) is 5.77. The number of aromatic hydroxyl groups is 2.